The Morgan fingerprint density at radius 1 is 1.06 bits per heavy atom. The van der Waals surface area contributed by atoms with Gasteiger partial charge in [-0.1, -0.05) is 30.3 Å². The molecule has 1 N–H and O–H groups in total. The largest absolute Gasteiger partial charge is 0.364 e. The number of fused-ring (bicyclic) bond motifs is 2. The average molecular weight is 417 g/mol. The van der Waals surface area contributed by atoms with Gasteiger partial charge in [-0.25, -0.2) is 9.97 Å². The van der Waals surface area contributed by atoms with E-state index in [1.165, 1.54) is 5.56 Å². The van der Waals surface area contributed by atoms with E-state index < -0.39 is 0 Å². The van der Waals surface area contributed by atoms with Gasteiger partial charge >= 0.3 is 0 Å². The maximum absolute atomic E-state index is 12.8. The Labute approximate surface area is 182 Å². The van der Waals surface area contributed by atoms with Crippen LogP contribution in [0.5, 0.6) is 0 Å². The summed E-state index contributed by atoms with van der Waals surface area (Å²) in [5, 5.41) is 3.45. The standard InChI is InChI=1S/C24H28N6O/c1-16(17-7-5-4-6-8-17)26-22-11-18(9-10-25-22)21-13-23(31)29(3)24(27-21)30-15-19-12-20(30)14-28(19)2/h4-11,13,16,19-20H,12,14-15H2,1-3H3,(H,25,26)/t16-,19-,20?/m0/s1. The van der Waals surface area contributed by atoms with Crippen LogP contribution in [0.1, 0.15) is 24.9 Å². The van der Waals surface area contributed by atoms with Crippen LogP contribution in [0.25, 0.3) is 11.3 Å². The molecule has 0 spiro atoms. The molecule has 7 nitrogen and oxygen atoms in total. The first-order valence-electron chi connectivity index (χ1n) is 10.8. The summed E-state index contributed by atoms with van der Waals surface area (Å²) in [6.45, 7) is 4.05. The molecule has 3 aromatic rings. The molecule has 2 aliphatic rings. The average Bonchev–Trinajstić information content (AvgIpc) is 3.36. The van der Waals surface area contributed by atoms with E-state index >= 15 is 0 Å². The lowest BCUT2D eigenvalue weighted by atomic mass is 10.1. The molecule has 4 heterocycles. The Balaban J connectivity index is 1.44. The lowest BCUT2D eigenvalue weighted by Gasteiger charge is -2.33. The number of likely N-dealkylation sites (N-methyl/N-ethyl adjacent to an activating group) is 1. The normalized spacial score (nSPS) is 21.5. The highest BCUT2D eigenvalue weighted by Gasteiger charge is 2.42. The number of piperazine rings is 1. The maximum Gasteiger partial charge on any atom is 0.255 e. The number of pyridine rings is 1. The van der Waals surface area contributed by atoms with E-state index in [0.717, 1.165) is 36.8 Å². The van der Waals surface area contributed by atoms with Gasteiger partial charge in [0.1, 0.15) is 5.82 Å². The first kappa shape index (κ1) is 19.8. The number of hydrogen-bond donors (Lipinski definition) is 1. The van der Waals surface area contributed by atoms with Crippen LogP contribution in [0.2, 0.25) is 0 Å². The Hall–Kier alpha value is -3.19. The van der Waals surface area contributed by atoms with Gasteiger partial charge in [0, 0.05) is 56.1 Å². The van der Waals surface area contributed by atoms with E-state index in [1.807, 2.05) is 37.4 Å². The van der Waals surface area contributed by atoms with Crippen molar-refractivity contribution < 1.29 is 0 Å². The molecule has 2 bridgehead atoms. The van der Waals surface area contributed by atoms with E-state index in [0.29, 0.717) is 17.8 Å². The number of nitrogens with one attached hydrogen (secondary N) is 1. The van der Waals surface area contributed by atoms with Crippen molar-refractivity contribution in [3.05, 3.63) is 70.6 Å². The summed E-state index contributed by atoms with van der Waals surface area (Å²) in [5.74, 6) is 1.52. The minimum absolute atomic E-state index is 0.0416. The molecule has 5 rings (SSSR count). The monoisotopic (exact) mass is 416 g/mol. The summed E-state index contributed by atoms with van der Waals surface area (Å²) in [6, 6.07) is 16.8. The van der Waals surface area contributed by atoms with Gasteiger partial charge in [-0.2, -0.15) is 0 Å². The van der Waals surface area contributed by atoms with Gasteiger partial charge in [-0.15, -0.1) is 0 Å². The molecular formula is C24H28N6O. The van der Waals surface area contributed by atoms with Crippen molar-refractivity contribution in [2.75, 3.05) is 30.4 Å². The zero-order valence-electron chi connectivity index (χ0n) is 18.2. The summed E-state index contributed by atoms with van der Waals surface area (Å²) in [7, 11) is 3.98. The molecule has 2 saturated heterocycles. The number of anilines is 2. The smallest absolute Gasteiger partial charge is 0.255 e. The molecule has 160 valence electrons. The number of benzene rings is 1. The third kappa shape index (κ3) is 3.70. The molecule has 2 aromatic heterocycles. The fraction of sp³-hybridized carbons (Fsp3) is 0.375. The zero-order chi connectivity index (χ0) is 21.5. The van der Waals surface area contributed by atoms with E-state index in [-0.39, 0.29) is 11.6 Å². The van der Waals surface area contributed by atoms with Gasteiger partial charge in [0.15, 0.2) is 0 Å². The fourth-order valence-corrected chi connectivity index (χ4v) is 4.76. The molecular weight excluding hydrogens is 388 g/mol. The van der Waals surface area contributed by atoms with E-state index in [9.17, 15) is 4.79 Å². The molecule has 0 radical (unpaired) electrons. The highest BCUT2D eigenvalue weighted by molar-refractivity contribution is 5.64. The first-order chi connectivity index (χ1) is 15.0. The second-order valence-electron chi connectivity index (χ2n) is 8.68. The van der Waals surface area contributed by atoms with Crippen LogP contribution < -0.4 is 15.8 Å². The van der Waals surface area contributed by atoms with Crippen molar-refractivity contribution >= 4 is 11.8 Å². The molecule has 0 saturated carbocycles. The molecule has 2 aliphatic heterocycles. The van der Waals surface area contributed by atoms with Crippen LogP contribution in [-0.4, -0.2) is 51.7 Å². The van der Waals surface area contributed by atoms with Crippen molar-refractivity contribution in [2.45, 2.75) is 31.5 Å². The second-order valence-corrected chi connectivity index (χ2v) is 8.68. The van der Waals surface area contributed by atoms with Crippen LogP contribution >= 0.6 is 0 Å². The number of likely N-dealkylation sites (tertiary alicyclic amines) is 1. The SMILES string of the molecule is C[C@H](Nc1cc(-c2cc(=O)n(C)c(N3C[C@@H]4CC3CN4C)n2)ccn1)c1ccccc1. The number of rotatable bonds is 5. The van der Waals surface area contributed by atoms with E-state index in [2.05, 4.69) is 46.2 Å². The topological polar surface area (TPSA) is 66.3 Å². The number of aromatic nitrogens is 3. The predicted molar refractivity (Wildman–Crippen MR) is 123 cm³/mol. The van der Waals surface area contributed by atoms with E-state index in [1.54, 1.807) is 16.8 Å². The van der Waals surface area contributed by atoms with Gasteiger partial charge in [-0.3, -0.25) is 14.3 Å². The molecule has 1 unspecified atom stereocenters. The molecule has 2 fully saturated rings. The quantitative estimate of drug-likeness (QED) is 0.690. The molecule has 0 aliphatic carbocycles. The van der Waals surface area contributed by atoms with Crippen LogP contribution in [0.4, 0.5) is 11.8 Å². The number of hydrogen-bond acceptors (Lipinski definition) is 6. The van der Waals surface area contributed by atoms with Crippen molar-refractivity contribution in [3.63, 3.8) is 0 Å². The molecule has 1 aromatic carbocycles. The minimum atomic E-state index is -0.0416. The molecule has 31 heavy (non-hydrogen) atoms. The lowest BCUT2D eigenvalue weighted by molar-refractivity contribution is 0.290. The summed E-state index contributed by atoms with van der Waals surface area (Å²) in [5.41, 5.74) is 2.73. The summed E-state index contributed by atoms with van der Waals surface area (Å²) in [4.78, 5) is 26.9. The van der Waals surface area contributed by atoms with Gasteiger partial charge in [0.25, 0.3) is 5.56 Å². The first-order valence-corrected chi connectivity index (χ1v) is 10.8. The van der Waals surface area contributed by atoms with Crippen molar-refractivity contribution in [2.24, 2.45) is 7.05 Å². The Morgan fingerprint density at radius 3 is 2.58 bits per heavy atom. The lowest BCUT2D eigenvalue weighted by Crippen LogP contribution is -2.46. The Kier molecular flexibility index (Phi) is 4.98. The Bertz CT molecular complexity index is 1140. The maximum atomic E-state index is 12.8. The third-order valence-corrected chi connectivity index (χ3v) is 6.60. The van der Waals surface area contributed by atoms with Crippen LogP contribution in [0, 0.1) is 0 Å². The van der Waals surface area contributed by atoms with Crippen molar-refractivity contribution in [1.82, 2.24) is 19.4 Å². The predicted octanol–water partition coefficient (Wildman–Crippen LogP) is 2.91. The van der Waals surface area contributed by atoms with Crippen LogP contribution in [0.3, 0.4) is 0 Å². The third-order valence-electron chi connectivity index (χ3n) is 6.60. The van der Waals surface area contributed by atoms with Gasteiger partial charge in [0.2, 0.25) is 5.95 Å². The summed E-state index contributed by atoms with van der Waals surface area (Å²) < 4.78 is 1.67. The summed E-state index contributed by atoms with van der Waals surface area (Å²) in [6.07, 6.45) is 2.90. The molecule has 0 amide bonds. The molecule has 3 atom stereocenters. The highest BCUT2D eigenvalue weighted by Crippen LogP contribution is 2.33. The van der Waals surface area contributed by atoms with Crippen LogP contribution in [-0.2, 0) is 7.05 Å². The minimum Gasteiger partial charge on any atom is -0.364 e. The van der Waals surface area contributed by atoms with Gasteiger partial charge < -0.3 is 10.2 Å². The number of nitrogens with zero attached hydrogens (tertiary/aromatic N) is 5. The van der Waals surface area contributed by atoms with Crippen molar-refractivity contribution in [3.8, 4) is 11.3 Å². The fourth-order valence-electron chi connectivity index (χ4n) is 4.76. The van der Waals surface area contributed by atoms with Gasteiger partial charge in [-0.05, 0) is 38.1 Å². The van der Waals surface area contributed by atoms with Crippen LogP contribution in [0.15, 0.2) is 59.5 Å². The summed E-state index contributed by atoms with van der Waals surface area (Å²) >= 11 is 0. The highest BCUT2D eigenvalue weighted by atomic mass is 16.1. The zero-order valence-corrected chi connectivity index (χ0v) is 18.2. The molecule has 7 heteroatoms. The van der Waals surface area contributed by atoms with Crippen molar-refractivity contribution in [1.29, 1.82) is 0 Å². The van der Waals surface area contributed by atoms with E-state index in [4.69, 9.17) is 4.98 Å². The Morgan fingerprint density at radius 2 is 1.87 bits per heavy atom. The van der Waals surface area contributed by atoms with Gasteiger partial charge in [0.05, 0.1) is 5.69 Å². The second kappa shape index (κ2) is 7.81.